The fraction of sp³-hybridized carbons (Fsp3) is 1.00. The van der Waals surface area contributed by atoms with Gasteiger partial charge in [0.2, 0.25) is 0 Å². The molecule has 19 saturated carbocycles. The van der Waals surface area contributed by atoms with Crippen molar-refractivity contribution in [1.29, 1.82) is 0 Å². The molecular formula is C90H166. The molecular weight excluding hydrogens is 1080 g/mol. The molecule has 12 unspecified atom stereocenters. The summed E-state index contributed by atoms with van der Waals surface area (Å²) in [6.07, 6.45) is 65.2. The van der Waals surface area contributed by atoms with Gasteiger partial charge in [0.15, 0.2) is 0 Å². The van der Waals surface area contributed by atoms with E-state index < -0.39 is 0 Å². The molecule has 0 N–H and O–H groups in total. The van der Waals surface area contributed by atoms with Crippen molar-refractivity contribution in [2.45, 2.75) is 408 Å². The van der Waals surface area contributed by atoms with Gasteiger partial charge in [-0.05, 0) is 330 Å². The number of rotatable bonds is 3. The van der Waals surface area contributed by atoms with Crippen molar-refractivity contribution in [2.24, 2.45) is 163 Å². The molecule has 0 heterocycles. The molecule has 19 aliphatic rings. The maximum Gasteiger partial charge on any atom is -0.0297 e. The lowest BCUT2D eigenvalue weighted by molar-refractivity contribution is 0.0209. The average Bonchev–Trinajstić information content (AvgIpc) is 1.76. The minimum atomic E-state index is 0.571. The first kappa shape index (κ1) is 75.8. The third kappa shape index (κ3) is 20.1. The highest BCUT2D eigenvalue weighted by atomic mass is 14.6. The Bertz CT molecular complexity index is 1940. The first-order chi connectivity index (χ1) is 42.7. The average molecular weight is 1250 g/mol. The monoisotopic (exact) mass is 1250 g/mol. The summed E-state index contributed by atoms with van der Waals surface area (Å²) in [4.78, 5) is 0. The second-order valence-corrected chi connectivity index (χ2v) is 40.6. The highest BCUT2D eigenvalue weighted by molar-refractivity contribution is 5.01. The predicted octanol–water partition coefficient (Wildman–Crippen LogP) is 29.4. The molecule has 14 bridgehead atoms. The summed E-state index contributed by atoms with van der Waals surface area (Å²) < 4.78 is 0. The van der Waals surface area contributed by atoms with Crippen molar-refractivity contribution in [3.63, 3.8) is 0 Å². The molecule has 0 aliphatic heterocycles. The number of hydrogen-bond donors (Lipinski definition) is 0. The molecule has 0 spiro atoms. The van der Waals surface area contributed by atoms with Crippen molar-refractivity contribution >= 4 is 0 Å². The Kier molecular flexibility index (Phi) is 28.8. The summed E-state index contributed by atoms with van der Waals surface area (Å²) >= 11 is 0. The van der Waals surface area contributed by atoms with Gasteiger partial charge in [0.1, 0.15) is 0 Å². The molecule has 0 heteroatoms. The van der Waals surface area contributed by atoms with Crippen molar-refractivity contribution in [2.75, 3.05) is 0 Å². The van der Waals surface area contributed by atoms with E-state index in [0.29, 0.717) is 16.2 Å². The van der Waals surface area contributed by atoms with Crippen molar-refractivity contribution < 1.29 is 0 Å². The van der Waals surface area contributed by atoms with Gasteiger partial charge in [-0.15, -0.1) is 0 Å². The smallest absolute Gasteiger partial charge is 0.0297 e. The van der Waals surface area contributed by atoms with Crippen molar-refractivity contribution in [1.82, 2.24) is 0 Å². The van der Waals surface area contributed by atoms with Crippen LogP contribution < -0.4 is 0 Å². The van der Waals surface area contributed by atoms with Crippen LogP contribution in [0.25, 0.3) is 0 Å². The van der Waals surface area contributed by atoms with Crippen molar-refractivity contribution in [3.05, 3.63) is 0 Å². The molecule has 19 fully saturated rings. The van der Waals surface area contributed by atoms with E-state index >= 15 is 0 Å². The largest absolute Gasteiger partial charge is 0.0651 e. The summed E-state index contributed by atoms with van der Waals surface area (Å²) in [6.45, 7) is 46.0. The zero-order valence-corrected chi connectivity index (χ0v) is 65.2. The molecule has 0 amide bonds. The molecule has 0 aromatic carbocycles. The second-order valence-electron chi connectivity index (χ2n) is 40.6. The van der Waals surface area contributed by atoms with Gasteiger partial charge in [-0.25, -0.2) is 0 Å². The van der Waals surface area contributed by atoms with Crippen LogP contribution >= 0.6 is 0 Å². The molecule has 19 rings (SSSR count). The fourth-order valence-corrected chi connectivity index (χ4v) is 25.3. The summed E-state index contributed by atoms with van der Waals surface area (Å²) in [5.41, 5.74) is 3.33. The summed E-state index contributed by atoms with van der Waals surface area (Å²) in [6, 6.07) is 0. The minimum Gasteiger partial charge on any atom is -0.0651 e. The van der Waals surface area contributed by atoms with Gasteiger partial charge in [-0.2, -0.15) is 0 Å². The molecule has 0 radical (unpaired) electrons. The van der Waals surface area contributed by atoms with Crippen LogP contribution in [0.4, 0.5) is 0 Å². The number of hydrogen-bond acceptors (Lipinski definition) is 0. The third-order valence-corrected chi connectivity index (χ3v) is 34.4. The number of fused-ring (bicyclic) bond motifs is 16. The quantitative estimate of drug-likeness (QED) is 0.264. The topological polar surface area (TPSA) is 0 Å². The van der Waals surface area contributed by atoms with E-state index in [1.165, 1.54) is 186 Å². The van der Waals surface area contributed by atoms with Crippen LogP contribution in [0.1, 0.15) is 408 Å². The minimum absolute atomic E-state index is 0.571. The van der Waals surface area contributed by atoms with E-state index in [4.69, 9.17) is 0 Å². The van der Waals surface area contributed by atoms with Crippen LogP contribution in [0, 0.1) is 163 Å². The lowest BCUT2D eigenvalue weighted by Gasteiger charge is -2.49. The van der Waals surface area contributed by atoms with E-state index in [0.717, 1.165) is 147 Å². The van der Waals surface area contributed by atoms with Crippen LogP contribution in [0.15, 0.2) is 0 Å². The Balaban J connectivity index is 0.000000129. The van der Waals surface area contributed by atoms with Crippen LogP contribution in [0.5, 0.6) is 0 Å². The first-order valence-electron chi connectivity index (χ1n) is 42.7. The lowest BCUT2D eigenvalue weighted by atomic mass is 9.57. The zero-order valence-electron chi connectivity index (χ0n) is 65.2. The van der Waals surface area contributed by atoms with Crippen LogP contribution in [-0.4, -0.2) is 0 Å². The molecule has 0 aromatic heterocycles. The summed E-state index contributed by atoms with van der Waals surface area (Å²) in [7, 11) is 0. The van der Waals surface area contributed by atoms with Gasteiger partial charge in [0.25, 0.3) is 0 Å². The normalized spacial score (nSPS) is 45.0. The standard InChI is InChI=1S/C11H22.2C10H18.4C9H16.C8H14.C8H16.C7H14/c1-9-10(2,3)7-6-8-11(9,4)5;1-7-8-4-5-9(6-8)10(7,2)3;1-8-7-9-3-5-10(8,2)6-4-9;1-7-5-8-3-4-9(7,2)6-8;1-6-7(2)9-4-3-8(6)5-9;1-7-6-8-2-4-9(7)5-3-8;1-2-8-5-7-3-4-9(8)6-7;1-6-4-7-2-3-8(6)5-7;1-2-8-6-4-3-5-7-8;1-2-7-5-3-4-6-7/h9H,6-8H2,1-5H3;7-9H,4-6H2,1-3H3;8-9H,3-7H2,1-2H3;7-8H,3-6H2,1-2H3;6-9H,3-5H2,1-2H3;2*7-9H,2-6H2,1H3;6-8H,2-5H2,1H3;8H,2-7H2,1H3;7H,2-6H2,1H3/t;7-,8?,9?;8-,9?,10?;7-,8?,9?;6-,7?,8?,9?;7-,8?,9?;;6-,7?,8?;;/m.10000.0../s1. The predicted molar refractivity (Wildman–Crippen MR) is 399 cm³/mol. The van der Waals surface area contributed by atoms with Gasteiger partial charge in [0, 0.05) is 0 Å². The van der Waals surface area contributed by atoms with E-state index in [9.17, 15) is 0 Å². The summed E-state index contributed by atoms with van der Waals surface area (Å²) in [5.74, 6) is 24.9. The highest BCUT2D eigenvalue weighted by Gasteiger charge is 2.51. The zero-order chi connectivity index (χ0) is 65.2. The Labute approximate surface area is 567 Å². The Morgan fingerprint density at radius 2 is 0.733 bits per heavy atom. The van der Waals surface area contributed by atoms with E-state index in [1.54, 1.807) is 89.9 Å². The van der Waals surface area contributed by atoms with Gasteiger partial charge in [0.05, 0.1) is 0 Å². The van der Waals surface area contributed by atoms with E-state index in [2.05, 4.69) is 132 Å². The molecule has 90 heavy (non-hydrogen) atoms. The van der Waals surface area contributed by atoms with Gasteiger partial charge in [-0.3, -0.25) is 0 Å². The lowest BCUT2D eigenvalue weighted by Crippen LogP contribution is -2.38. The first-order valence-corrected chi connectivity index (χ1v) is 42.7. The SMILES string of the molecule is CC1C(C)(C)CCCC1(C)C.CC1C2CCC(C2)[C@H]1C.CCC1CC2CCC1C2.CCC1CCCC1.CCC1CCCCC1.C[C@@H]1C2CCC(C2)C1(C)C.C[C@H]1CC2CCC1(C)C2.C[C@H]1CC2CCC1(C)CC2.C[C@H]1CC2CCC1C2.C[C@H]1CC2CCC1CC2. The Morgan fingerprint density at radius 1 is 0.300 bits per heavy atom. The van der Waals surface area contributed by atoms with Gasteiger partial charge >= 0.3 is 0 Å². The molecule has 526 valence electrons. The Hall–Kier alpha value is 0. The second kappa shape index (κ2) is 34.2. The highest BCUT2D eigenvalue weighted by Crippen LogP contribution is 2.60. The Morgan fingerprint density at radius 3 is 0.989 bits per heavy atom. The maximum absolute atomic E-state index is 2.49. The molecule has 18 atom stereocenters. The van der Waals surface area contributed by atoms with Gasteiger partial charge in [-0.1, -0.05) is 241 Å². The van der Waals surface area contributed by atoms with Crippen LogP contribution in [-0.2, 0) is 0 Å². The molecule has 19 aliphatic carbocycles. The third-order valence-electron chi connectivity index (χ3n) is 34.4. The van der Waals surface area contributed by atoms with E-state index in [1.807, 2.05) is 0 Å². The fourth-order valence-electron chi connectivity index (χ4n) is 25.3. The van der Waals surface area contributed by atoms with Crippen LogP contribution in [0.2, 0.25) is 0 Å². The van der Waals surface area contributed by atoms with E-state index in [-0.39, 0.29) is 0 Å². The van der Waals surface area contributed by atoms with Gasteiger partial charge < -0.3 is 0 Å². The maximum atomic E-state index is 2.49. The summed E-state index contributed by atoms with van der Waals surface area (Å²) in [5, 5.41) is 0. The molecule has 0 saturated heterocycles. The van der Waals surface area contributed by atoms with Crippen LogP contribution in [0.3, 0.4) is 0 Å². The molecule has 0 aromatic rings. The molecule has 0 nitrogen and oxygen atoms in total. The van der Waals surface area contributed by atoms with Crippen molar-refractivity contribution in [3.8, 4) is 0 Å².